The zero-order valence-corrected chi connectivity index (χ0v) is 22.9. The highest BCUT2D eigenvalue weighted by atomic mass is 32.2. The number of hydrogen-bond donors (Lipinski definition) is 0. The molecule has 2 nitrogen and oxygen atoms in total. The van der Waals surface area contributed by atoms with Gasteiger partial charge in [0.1, 0.15) is 5.94 Å². The Bertz CT molecular complexity index is 746. The summed E-state index contributed by atoms with van der Waals surface area (Å²) in [6.07, 6.45) is 23.4. The Labute approximate surface area is 214 Å². The van der Waals surface area contributed by atoms with Crippen LogP contribution in [0.2, 0.25) is 0 Å². The number of benzene rings is 1. The summed E-state index contributed by atoms with van der Waals surface area (Å²) >= 11 is 1.85. The van der Waals surface area contributed by atoms with E-state index in [0.717, 1.165) is 29.4 Å². The van der Waals surface area contributed by atoms with Crippen LogP contribution in [0.4, 0.5) is 0 Å². The molecule has 1 atom stereocenters. The fraction of sp³-hybridized carbons (Fsp3) is 0.613. The van der Waals surface area contributed by atoms with Gasteiger partial charge in [-0.2, -0.15) is 0 Å². The van der Waals surface area contributed by atoms with Crippen molar-refractivity contribution in [3.05, 3.63) is 48.1 Å². The summed E-state index contributed by atoms with van der Waals surface area (Å²) < 4.78 is 5.09. The van der Waals surface area contributed by atoms with Gasteiger partial charge in [-0.25, -0.2) is 4.79 Å². The molecular formula is C31H48O2S. The predicted molar refractivity (Wildman–Crippen MR) is 152 cm³/mol. The summed E-state index contributed by atoms with van der Waals surface area (Å²) in [5, 5.41) is 0. The molecular weight excluding hydrogens is 436 g/mol. The first-order chi connectivity index (χ1) is 16.7. The monoisotopic (exact) mass is 484 g/mol. The largest absolute Gasteiger partial charge is 0.385 e. The molecule has 0 bridgehead atoms. The maximum Gasteiger partial charge on any atom is 0.128 e. The average molecular weight is 485 g/mol. The molecule has 1 unspecified atom stereocenters. The van der Waals surface area contributed by atoms with E-state index >= 15 is 0 Å². The van der Waals surface area contributed by atoms with Crippen molar-refractivity contribution in [2.24, 2.45) is 5.92 Å². The van der Waals surface area contributed by atoms with E-state index in [0.29, 0.717) is 5.57 Å². The number of ether oxygens (including phenoxy) is 1. The maximum absolute atomic E-state index is 11.2. The third-order valence-electron chi connectivity index (χ3n) is 6.52. The molecule has 0 radical (unpaired) electrons. The van der Waals surface area contributed by atoms with Gasteiger partial charge >= 0.3 is 0 Å². The van der Waals surface area contributed by atoms with Crippen molar-refractivity contribution in [3.8, 4) is 0 Å². The van der Waals surface area contributed by atoms with E-state index in [-0.39, 0.29) is 0 Å². The highest BCUT2D eigenvalue weighted by Gasteiger charge is 2.10. The molecule has 1 aromatic carbocycles. The Morgan fingerprint density at radius 3 is 2.35 bits per heavy atom. The third-order valence-corrected chi connectivity index (χ3v) is 7.66. The van der Waals surface area contributed by atoms with Crippen molar-refractivity contribution in [1.82, 2.24) is 0 Å². The number of unbranched alkanes of at least 4 members (excludes halogenated alkanes) is 7. The van der Waals surface area contributed by atoms with Crippen molar-refractivity contribution in [2.75, 3.05) is 19.5 Å². The van der Waals surface area contributed by atoms with Crippen LogP contribution in [0.25, 0.3) is 11.6 Å². The van der Waals surface area contributed by atoms with Crippen molar-refractivity contribution in [3.63, 3.8) is 0 Å². The van der Waals surface area contributed by atoms with E-state index < -0.39 is 0 Å². The molecule has 0 fully saturated rings. The van der Waals surface area contributed by atoms with Crippen LogP contribution in [0.5, 0.6) is 0 Å². The summed E-state index contributed by atoms with van der Waals surface area (Å²) in [5.41, 5.74) is 2.68. The van der Waals surface area contributed by atoms with E-state index in [9.17, 15) is 4.79 Å². The minimum absolute atomic E-state index is 0.664. The summed E-state index contributed by atoms with van der Waals surface area (Å²) in [6, 6.07) is 6.17. The fourth-order valence-corrected chi connectivity index (χ4v) is 5.51. The van der Waals surface area contributed by atoms with Crippen LogP contribution in [-0.4, -0.2) is 25.4 Å². The van der Waals surface area contributed by atoms with Crippen LogP contribution in [0.1, 0.15) is 108 Å². The van der Waals surface area contributed by atoms with Crippen LogP contribution >= 0.6 is 11.8 Å². The second-order valence-electron chi connectivity index (χ2n) is 9.22. The molecule has 0 heterocycles. The van der Waals surface area contributed by atoms with Gasteiger partial charge < -0.3 is 4.74 Å². The summed E-state index contributed by atoms with van der Waals surface area (Å²) in [7, 11) is 1.78. The molecule has 0 saturated heterocycles. The maximum atomic E-state index is 11.2. The van der Waals surface area contributed by atoms with E-state index in [2.05, 4.69) is 37.7 Å². The molecule has 1 rings (SSSR count). The molecule has 1 aromatic rings. The number of thioether (sulfide) groups is 1. The van der Waals surface area contributed by atoms with E-state index in [1.807, 2.05) is 36.9 Å². The van der Waals surface area contributed by atoms with Crippen LogP contribution in [-0.2, 0) is 9.53 Å². The van der Waals surface area contributed by atoms with Crippen LogP contribution in [0, 0.1) is 5.92 Å². The number of carbonyl (C=O) groups excluding carboxylic acids is 1. The lowest BCUT2D eigenvalue weighted by molar-refractivity contribution is 0.192. The van der Waals surface area contributed by atoms with Gasteiger partial charge in [0.05, 0.1) is 0 Å². The Hall–Kier alpha value is -1.54. The van der Waals surface area contributed by atoms with Gasteiger partial charge in [0, 0.05) is 29.7 Å². The van der Waals surface area contributed by atoms with Gasteiger partial charge in [0.15, 0.2) is 0 Å². The highest BCUT2D eigenvalue weighted by Crippen LogP contribution is 2.31. The SMILES string of the molecule is C=Cc1cccc(SCCCCCC(CC)CCCC/C=C/CCCCCOC)c1C(C)=C=O. The van der Waals surface area contributed by atoms with Gasteiger partial charge in [0.2, 0.25) is 0 Å². The first-order valence-corrected chi connectivity index (χ1v) is 14.4. The summed E-state index contributed by atoms with van der Waals surface area (Å²) in [6.45, 7) is 8.97. The van der Waals surface area contributed by atoms with Crippen molar-refractivity contribution < 1.29 is 9.53 Å². The first kappa shape index (κ1) is 30.5. The van der Waals surface area contributed by atoms with E-state index in [1.165, 1.54) is 88.4 Å². The van der Waals surface area contributed by atoms with Crippen molar-refractivity contribution >= 4 is 29.4 Å². The van der Waals surface area contributed by atoms with Gasteiger partial charge in [-0.05, 0) is 68.7 Å². The molecule has 0 aliphatic heterocycles. The third kappa shape index (κ3) is 13.4. The normalized spacial score (nSPS) is 12.1. The molecule has 0 aliphatic carbocycles. The lowest BCUT2D eigenvalue weighted by Crippen LogP contribution is -1.99. The zero-order valence-electron chi connectivity index (χ0n) is 22.1. The number of methoxy groups -OCH3 is 1. The average Bonchev–Trinajstić information content (AvgIpc) is 2.87. The molecule has 3 heteroatoms. The number of hydrogen-bond acceptors (Lipinski definition) is 3. The lowest BCUT2D eigenvalue weighted by Gasteiger charge is -2.14. The minimum atomic E-state index is 0.664. The Morgan fingerprint density at radius 1 is 1.03 bits per heavy atom. The Balaban J connectivity index is 2.16. The first-order valence-electron chi connectivity index (χ1n) is 13.4. The molecule has 0 N–H and O–H groups in total. The topological polar surface area (TPSA) is 26.3 Å². The molecule has 0 aliphatic rings. The van der Waals surface area contributed by atoms with Gasteiger partial charge in [-0.3, -0.25) is 0 Å². The Kier molecular flexibility index (Phi) is 18.7. The number of allylic oxidation sites excluding steroid dienone is 3. The standard InChI is InChI=1S/C31H48O2S/c1-5-28(20-15-12-10-8-7-9-11-13-17-24-33-4)21-16-14-18-25-34-30-23-19-22-29(6-2)31(30)27(3)26-32/h6-8,19,22-23,28H,2,5,9-18,20-21,24-25H2,1,3-4H3/b8-7+. The predicted octanol–water partition coefficient (Wildman–Crippen LogP) is 9.57. The van der Waals surface area contributed by atoms with Crippen molar-refractivity contribution in [2.45, 2.75) is 102 Å². The van der Waals surface area contributed by atoms with Crippen LogP contribution < -0.4 is 0 Å². The van der Waals surface area contributed by atoms with Gasteiger partial charge in [-0.15, -0.1) is 11.8 Å². The van der Waals surface area contributed by atoms with E-state index in [1.54, 1.807) is 7.11 Å². The second kappa shape index (κ2) is 20.8. The zero-order chi connectivity index (χ0) is 24.9. The number of rotatable bonds is 21. The van der Waals surface area contributed by atoms with E-state index in [4.69, 9.17) is 4.74 Å². The highest BCUT2D eigenvalue weighted by molar-refractivity contribution is 7.99. The fourth-order valence-electron chi connectivity index (χ4n) is 4.35. The smallest absolute Gasteiger partial charge is 0.128 e. The Morgan fingerprint density at radius 2 is 1.71 bits per heavy atom. The van der Waals surface area contributed by atoms with Crippen molar-refractivity contribution in [1.29, 1.82) is 0 Å². The minimum Gasteiger partial charge on any atom is -0.385 e. The van der Waals surface area contributed by atoms with Crippen LogP contribution in [0.3, 0.4) is 0 Å². The summed E-state index contributed by atoms with van der Waals surface area (Å²) in [4.78, 5) is 12.4. The molecule has 0 spiro atoms. The van der Waals surface area contributed by atoms with Gasteiger partial charge in [0.25, 0.3) is 0 Å². The molecule has 0 saturated carbocycles. The van der Waals surface area contributed by atoms with Crippen LogP contribution in [0.15, 0.2) is 41.8 Å². The molecule has 0 amide bonds. The summed E-state index contributed by atoms with van der Waals surface area (Å²) in [5.74, 6) is 4.04. The second-order valence-corrected chi connectivity index (χ2v) is 10.4. The van der Waals surface area contributed by atoms with Gasteiger partial charge in [-0.1, -0.05) is 88.8 Å². The molecule has 0 aromatic heterocycles. The molecule has 34 heavy (non-hydrogen) atoms. The quantitative estimate of drug-likeness (QED) is 0.0752. The molecule has 190 valence electrons. The lowest BCUT2D eigenvalue weighted by atomic mass is 9.93.